The zero-order valence-electron chi connectivity index (χ0n) is 2.66. The van der Waals surface area contributed by atoms with Gasteiger partial charge in [0.15, 0.2) is 0 Å². The van der Waals surface area contributed by atoms with Gasteiger partial charge in [-0.1, -0.05) is 11.8 Å². The van der Waals surface area contributed by atoms with Crippen molar-refractivity contribution in [3.05, 3.63) is 0 Å². The number of halogens is 1. The van der Waals surface area contributed by atoms with Crippen molar-refractivity contribution in [2.45, 2.75) is 0 Å². The number of rotatable bonds is 1. The van der Waals surface area contributed by atoms with Crippen LogP contribution in [-0.4, -0.2) is 6.67 Å². The normalized spacial score (nSPS) is 17.0. The molecule has 0 radical (unpaired) electrons. The van der Waals surface area contributed by atoms with Gasteiger partial charge in [-0.2, -0.15) is 0 Å². The molecule has 0 saturated heterocycles. The van der Waals surface area contributed by atoms with Gasteiger partial charge in [0.25, 0.3) is 0 Å². The van der Waals surface area contributed by atoms with Crippen molar-refractivity contribution in [2.75, 3.05) is 6.67 Å². The van der Waals surface area contributed by atoms with Crippen molar-refractivity contribution in [3.63, 3.8) is 0 Å². The summed E-state index contributed by atoms with van der Waals surface area (Å²) in [6.07, 6.45) is 0. The van der Waals surface area contributed by atoms with Crippen molar-refractivity contribution in [2.24, 2.45) is 5.92 Å². The second kappa shape index (κ2) is 0.718. The van der Waals surface area contributed by atoms with Gasteiger partial charge < -0.3 is 0 Å². The van der Waals surface area contributed by atoms with Gasteiger partial charge in [0.05, 0.1) is 0 Å². The standard InChI is InChI=1S/C4H3F/c5-3-4-1-2-4/h4H,3H2. The van der Waals surface area contributed by atoms with E-state index in [0.29, 0.717) is 0 Å². The quantitative estimate of drug-likeness (QED) is 0.396. The molecule has 26 valence electrons. The zero-order chi connectivity index (χ0) is 3.70. The minimum Gasteiger partial charge on any atom is -0.249 e. The Morgan fingerprint density at radius 3 is 2.20 bits per heavy atom. The van der Waals surface area contributed by atoms with Gasteiger partial charge in [0.1, 0.15) is 12.6 Å². The van der Waals surface area contributed by atoms with Crippen LogP contribution in [0.2, 0.25) is 0 Å². The lowest BCUT2D eigenvalue weighted by molar-refractivity contribution is 0.478. The maximum Gasteiger partial charge on any atom is 0.114 e. The summed E-state index contributed by atoms with van der Waals surface area (Å²) in [5.41, 5.74) is 0. The molecule has 0 fully saturated rings. The molecule has 0 heterocycles. The lowest BCUT2D eigenvalue weighted by Gasteiger charge is -1.70. The van der Waals surface area contributed by atoms with Crippen LogP contribution in [-0.2, 0) is 0 Å². The van der Waals surface area contributed by atoms with E-state index in [0.717, 1.165) is 0 Å². The van der Waals surface area contributed by atoms with Crippen LogP contribution in [0, 0.1) is 17.8 Å². The highest BCUT2D eigenvalue weighted by atomic mass is 19.1. The average molecular weight is 70.1 g/mol. The van der Waals surface area contributed by atoms with Crippen molar-refractivity contribution < 1.29 is 4.39 Å². The molecule has 1 rings (SSSR count). The van der Waals surface area contributed by atoms with E-state index in [9.17, 15) is 4.39 Å². The summed E-state index contributed by atoms with van der Waals surface area (Å²) >= 11 is 0. The van der Waals surface area contributed by atoms with Crippen LogP contribution in [0.15, 0.2) is 0 Å². The molecule has 0 aliphatic heterocycles. The first kappa shape index (κ1) is 2.71. The lowest BCUT2D eigenvalue weighted by Crippen LogP contribution is -1.76. The summed E-state index contributed by atoms with van der Waals surface area (Å²) in [7, 11) is 0. The van der Waals surface area contributed by atoms with Crippen LogP contribution in [0.5, 0.6) is 0 Å². The second-order valence-corrected chi connectivity index (χ2v) is 0.996. The molecule has 0 aromatic carbocycles. The predicted molar refractivity (Wildman–Crippen MR) is 17.2 cm³/mol. The van der Waals surface area contributed by atoms with E-state index < -0.39 is 0 Å². The Labute approximate surface area is 30.0 Å². The third-order valence-corrected chi connectivity index (χ3v) is 0.503. The molecule has 5 heavy (non-hydrogen) atoms. The third-order valence-electron chi connectivity index (χ3n) is 0.503. The molecule has 0 amide bonds. The fourth-order valence-corrected chi connectivity index (χ4v) is 0.136. The van der Waals surface area contributed by atoms with E-state index in [-0.39, 0.29) is 12.6 Å². The van der Waals surface area contributed by atoms with Crippen LogP contribution in [0.3, 0.4) is 0 Å². The van der Waals surface area contributed by atoms with Crippen LogP contribution >= 0.6 is 0 Å². The van der Waals surface area contributed by atoms with Crippen molar-refractivity contribution >= 4 is 0 Å². The average Bonchev–Trinajstić information content (AvgIpc) is 2.12. The molecule has 0 spiro atoms. The largest absolute Gasteiger partial charge is 0.249 e. The highest BCUT2D eigenvalue weighted by Crippen LogP contribution is 2.02. The molecule has 0 saturated carbocycles. The Kier molecular flexibility index (Phi) is 0.390. The first-order valence-electron chi connectivity index (χ1n) is 1.50. The molecule has 0 aromatic rings. The van der Waals surface area contributed by atoms with E-state index in [4.69, 9.17) is 0 Å². The van der Waals surface area contributed by atoms with E-state index in [1.807, 2.05) is 0 Å². The Balaban J connectivity index is 2.08. The highest BCUT2D eigenvalue weighted by molar-refractivity contribution is 5.29. The first-order chi connectivity index (χ1) is 2.43. The summed E-state index contributed by atoms with van der Waals surface area (Å²) in [5, 5.41) is 0. The fourth-order valence-electron chi connectivity index (χ4n) is 0.136. The zero-order valence-corrected chi connectivity index (χ0v) is 2.66. The second-order valence-electron chi connectivity index (χ2n) is 0.996. The summed E-state index contributed by atoms with van der Waals surface area (Å²) in [5.74, 6) is 5.09. The van der Waals surface area contributed by atoms with Crippen LogP contribution in [0.1, 0.15) is 0 Å². The molecule has 1 aliphatic carbocycles. The molecule has 0 atom stereocenters. The van der Waals surface area contributed by atoms with Crippen molar-refractivity contribution in [3.8, 4) is 11.8 Å². The highest BCUT2D eigenvalue weighted by Gasteiger charge is 2.06. The Morgan fingerprint density at radius 2 is 2.20 bits per heavy atom. The first-order valence-corrected chi connectivity index (χ1v) is 1.50. The maximum atomic E-state index is 11.1. The van der Waals surface area contributed by atoms with Gasteiger partial charge in [-0.15, -0.1) is 0 Å². The SMILES string of the molecule is FCC1C#C1. The molecule has 0 unspecified atom stereocenters. The number of alkyl halides is 1. The molecule has 0 bridgehead atoms. The fraction of sp³-hybridized carbons (Fsp3) is 0.500. The lowest BCUT2D eigenvalue weighted by atomic mass is 10.4. The summed E-state index contributed by atoms with van der Waals surface area (Å²) in [4.78, 5) is 0. The van der Waals surface area contributed by atoms with Gasteiger partial charge in [0, 0.05) is 0 Å². The van der Waals surface area contributed by atoms with Crippen LogP contribution < -0.4 is 0 Å². The van der Waals surface area contributed by atoms with Gasteiger partial charge in [-0.25, -0.2) is 4.39 Å². The van der Waals surface area contributed by atoms with Gasteiger partial charge in [-0.3, -0.25) is 0 Å². The molecule has 1 aliphatic rings. The van der Waals surface area contributed by atoms with Crippen LogP contribution in [0.25, 0.3) is 0 Å². The molecule has 0 aromatic heterocycles. The smallest absolute Gasteiger partial charge is 0.114 e. The van der Waals surface area contributed by atoms with E-state index >= 15 is 0 Å². The molecular formula is C4H3F. The Hall–Kier alpha value is -0.510. The minimum absolute atomic E-state index is 0.0324. The Bertz CT molecular complexity index is 77.6. The topological polar surface area (TPSA) is 0 Å². The molecule has 0 nitrogen and oxygen atoms in total. The van der Waals surface area contributed by atoms with Gasteiger partial charge in [0.2, 0.25) is 0 Å². The van der Waals surface area contributed by atoms with E-state index in [2.05, 4.69) is 11.8 Å². The van der Waals surface area contributed by atoms with Crippen molar-refractivity contribution in [1.82, 2.24) is 0 Å². The third kappa shape index (κ3) is 0.384. The maximum absolute atomic E-state index is 11.1. The van der Waals surface area contributed by atoms with Gasteiger partial charge in [-0.05, 0) is 0 Å². The predicted octanol–water partition coefficient (Wildman–Crippen LogP) is 0.589. The van der Waals surface area contributed by atoms with Crippen LogP contribution in [0.4, 0.5) is 4.39 Å². The monoisotopic (exact) mass is 70.0 g/mol. The molecule has 1 heteroatoms. The van der Waals surface area contributed by atoms with E-state index in [1.165, 1.54) is 0 Å². The minimum atomic E-state index is -0.306. The molecule has 0 N–H and O–H groups in total. The molecular weight excluding hydrogens is 67.0 g/mol. The number of hydrogen-bond acceptors (Lipinski definition) is 0. The number of hydrogen-bond donors (Lipinski definition) is 0. The summed E-state index contributed by atoms with van der Waals surface area (Å²) in [6.45, 7) is -0.306. The summed E-state index contributed by atoms with van der Waals surface area (Å²) in [6, 6.07) is 0. The van der Waals surface area contributed by atoms with Crippen molar-refractivity contribution in [1.29, 1.82) is 0 Å². The Morgan fingerprint density at radius 1 is 1.60 bits per heavy atom. The van der Waals surface area contributed by atoms with Gasteiger partial charge >= 0.3 is 0 Å². The summed E-state index contributed by atoms with van der Waals surface area (Å²) < 4.78 is 11.1. The van der Waals surface area contributed by atoms with E-state index in [1.54, 1.807) is 0 Å².